The van der Waals surface area contributed by atoms with Crippen LogP contribution in [-0.4, -0.2) is 48.3 Å². The molecule has 2 amide bonds. The van der Waals surface area contributed by atoms with E-state index in [1.165, 1.54) is 24.3 Å². The molecule has 0 radical (unpaired) electrons. The van der Waals surface area contributed by atoms with Gasteiger partial charge in [0.1, 0.15) is 18.1 Å². The maximum absolute atomic E-state index is 13.8. The lowest BCUT2D eigenvalue weighted by Gasteiger charge is -2.41. The molecule has 2 aliphatic heterocycles. The molecule has 4 rings (SSSR count). The number of alkyl halides is 3. The SMILES string of the molecule is CC(C)(Oc1ccc(Cl)c(F)c1)C(=O)NC1CC2CCC(C1)N2c1ccc(C(=O)NCC(F)(F)F)cc1. The summed E-state index contributed by atoms with van der Waals surface area (Å²) in [6, 6.07) is 10.8. The normalized spacial score (nSPS) is 21.5. The molecular formula is C26H28ClF4N3O3. The van der Waals surface area contributed by atoms with Crippen LogP contribution < -0.4 is 20.3 Å². The summed E-state index contributed by atoms with van der Waals surface area (Å²) in [4.78, 5) is 27.3. The Morgan fingerprint density at radius 2 is 1.68 bits per heavy atom. The maximum atomic E-state index is 13.8. The Kier molecular flexibility index (Phi) is 7.60. The van der Waals surface area contributed by atoms with Crippen LogP contribution >= 0.6 is 11.6 Å². The second-order valence-corrected chi connectivity index (χ2v) is 10.4. The van der Waals surface area contributed by atoms with Crippen molar-refractivity contribution < 1.29 is 31.9 Å². The summed E-state index contributed by atoms with van der Waals surface area (Å²) >= 11 is 5.71. The largest absolute Gasteiger partial charge is 0.478 e. The Balaban J connectivity index is 1.35. The highest BCUT2D eigenvalue weighted by Crippen LogP contribution is 2.39. The van der Waals surface area contributed by atoms with Crippen molar-refractivity contribution in [2.75, 3.05) is 11.4 Å². The second kappa shape index (κ2) is 10.4. The van der Waals surface area contributed by atoms with E-state index in [1.54, 1.807) is 26.0 Å². The van der Waals surface area contributed by atoms with Gasteiger partial charge in [0.2, 0.25) is 0 Å². The standard InChI is InChI=1S/C26H28ClF4N3O3/c1-25(2,37-20-9-10-21(27)22(28)13-20)24(36)33-16-11-18-7-8-19(12-16)34(18)17-5-3-15(4-6-17)23(35)32-14-26(29,30)31/h3-6,9-10,13,16,18-19H,7-8,11-12,14H2,1-2H3,(H,32,35)(H,33,36). The molecule has 2 unspecified atom stereocenters. The molecule has 6 nitrogen and oxygen atoms in total. The number of carbonyl (C=O) groups excluding carboxylic acids is 2. The third-order valence-electron chi connectivity index (χ3n) is 6.76. The van der Waals surface area contributed by atoms with Gasteiger partial charge in [0.05, 0.1) is 5.02 Å². The first-order chi connectivity index (χ1) is 17.3. The van der Waals surface area contributed by atoms with Crippen LogP contribution in [0, 0.1) is 5.82 Å². The van der Waals surface area contributed by atoms with E-state index >= 15 is 0 Å². The first-order valence-electron chi connectivity index (χ1n) is 12.0. The van der Waals surface area contributed by atoms with E-state index in [-0.39, 0.29) is 40.4 Å². The van der Waals surface area contributed by atoms with Crippen molar-refractivity contribution in [3.63, 3.8) is 0 Å². The van der Waals surface area contributed by atoms with Gasteiger partial charge in [0.15, 0.2) is 5.60 Å². The van der Waals surface area contributed by atoms with Crippen LogP contribution in [0.2, 0.25) is 5.02 Å². The average molecular weight is 542 g/mol. The van der Waals surface area contributed by atoms with Crippen molar-refractivity contribution in [3.8, 4) is 5.75 Å². The maximum Gasteiger partial charge on any atom is 0.405 e. The molecule has 2 atom stereocenters. The van der Waals surface area contributed by atoms with Crippen LogP contribution in [0.4, 0.5) is 23.2 Å². The molecule has 2 bridgehead atoms. The highest BCUT2D eigenvalue weighted by Gasteiger charge is 2.42. The topological polar surface area (TPSA) is 70.7 Å². The van der Waals surface area contributed by atoms with Crippen molar-refractivity contribution in [2.24, 2.45) is 0 Å². The molecule has 2 fully saturated rings. The fourth-order valence-electron chi connectivity index (χ4n) is 5.02. The van der Waals surface area contributed by atoms with E-state index in [9.17, 15) is 27.2 Å². The summed E-state index contributed by atoms with van der Waals surface area (Å²) in [5, 5.41) is 4.91. The van der Waals surface area contributed by atoms with E-state index in [0.717, 1.165) is 24.6 Å². The van der Waals surface area contributed by atoms with Gasteiger partial charge in [0, 0.05) is 35.4 Å². The fourth-order valence-corrected chi connectivity index (χ4v) is 5.14. The number of benzene rings is 2. The molecule has 0 aromatic heterocycles. The zero-order chi connectivity index (χ0) is 27.0. The van der Waals surface area contributed by atoms with Gasteiger partial charge in [-0.05, 0) is 75.9 Å². The van der Waals surface area contributed by atoms with Crippen molar-refractivity contribution in [3.05, 3.63) is 58.9 Å². The third kappa shape index (κ3) is 6.47. The van der Waals surface area contributed by atoms with Gasteiger partial charge < -0.3 is 20.3 Å². The van der Waals surface area contributed by atoms with Crippen LogP contribution in [0.3, 0.4) is 0 Å². The Morgan fingerprint density at radius 3 is 2.24 bits per heavy atom. The lowest BCUT2D eigenvalue weighted by Crippen LogP contribution is -2.55. The van der Waals surface area contributed by atoms with Crippen molar-refractivity contribution in [1.82, 2.24) is 10.6 Å². The molecule has 200 valence electrons. The first kappa shape index (κ1) is 27.0. The van der Waals surface area contributed by atoms with Crippen molar-refractivity contribution in [1.29, 1.82) is 0 Å². The summed E-state index contributed by atoms with van der Waals surface area (Å²) in [6.07, 6.45) is -1.17. The number of fused-ring (bicyclic) bond motifs is 2. The number of hydrogen-bond donors (Lipinski definition) is 2. The summed E-state index contributed by atoms with van der Waals surface area (Å²) in [7, 11) is 0. The first-order valence-corrected chi connectivity index (χ1v) is 12.4. The van der Waals surface area contributed by atoms with E-state index in [2.05, 4.69) is 10.2 Å². The molecule has 2 aromatic carbocycles. The quantitative estimate of drug-likeness (QED) is 0.470. The molecule has 2 aliphatic rings. The van der Waals surface area contributed by atoms with Gasteiger partial charge in [-0.25, -0.2) is 4.39 Å². The van der Waals surface area contributed by atoms with Crippen LogP contribution in [0.25, 0.3) is 0 Å². The Morgan fingerprint density at radius 1 is 1.05 bits per heavy atom. The molecule has 37 heavy (non-hydrogen) atoms. The minimum Gasteiger partial charge on any atom is -0.478 e. The average Bonchev–Trinajstić information content (AvgIpc) is 3.09. The highest BCUT2D eigenvalue weighted by molar-refractivity contribution is 6.30. The lowest BCUT2D eigenvalue weighted by atomic mass is 9.95. The van der Waals surface area contributed by atoms with Gasteiger partial charge in [-0.2, -0.15) is 13.2 Å². The monoisotopic (exact) mass is 541 g/mol. The number of ether oxygens (including phenoxy) is 1. The van der Waals surface area contributed by atoms with Gasteiger partial charge in [-0.3, -0.25) is 9.59 Å². The lowest BCUT2D eigenvalue weighted by molar-refractivity contribution is -0.135. The number of carbonyl (C=O) groups is 2. The minimum atomic E-state index is -4.47. The molecular weight excluding hydrogens is 514 g/mol. The number of anilines is 1. The Labute approximate surface area is 217 Å². The van der Waals surface area contributed by atoms with Gasteiger partial charge in [-0.15, -0.1) is 0 Å². The predicted molar refractivity (Wildman–Crippen MR) is 131 cm³/mol. The zero-order valence-corrected chi connectivity index (χ0v) is 21.1. The van der Waals surface area contributed by atoms with E-state index < -0.39 is 30.0 Å². The number of amides is 2. The molecule has 2 N–H and O–H groups in total. The Bertz CT molecular complexity index is 1140. The van der Waals surface area contributed by atoms with Crippen LogP contribution in [0.1, 0.15) is 49.9 Å². The molecule has 11 heteroatoms. The van der Waals surface area contributed by atoms with Crippen molar-refractivity contribution >= 4 is 29.1 Å². The molecule has 2 heterocycles. The third-order valence-corrected chi connectivity index (χ3v) is 7.06. The van der Waals surface area contributed by atoms with Gasteiger partial charge in [-0.1, -0.05) is 11.6 Å². The predicted octanol–water partition coefficient (Wildman–Crippen LogP) is 5.24. The minimum absolute atomic E-state index is 0.0313. The van der Waals surface area contributed by atoms with E-state index in [0.29, 0.717) is 12.8 Å². The number of halogens is 5. The number of nitrogens with zero attached hydrogens (tertiary/aromatic N) is 1. The van der Waals surface area contributed by atoms with Crippen molar-refractivity contribution in [2.45, 2.75) is 69.4 Å². The second-order valence-electron chi connectivity index (χ2n) is 9.97. The molecule has 0 spiro atoms. The Hall–Kier alpha value is -3.01. The van der Waals surface area contributed by atoms with E-state index in [4.69, 9.17) is 16.3 Å². The number of nitrogens with one attached hydrogen (secondary N) is 2. The van der Waals surface area contributed by atoms with Gasteiger partial charge in [0.25, 0.3) is 11.8 Å². The highest BCUT2D eigenvalue weighted by atomic mass is 35.5. The molecule has 0 saturated carbocycles. The van der Waals surface area contributed by atoms with Crippen LogP contribution in [-0.2, 0) is 4.79 Å². The smallest absolute Gasteiger partial charge is 0.405 e. The van der Waals surface area contributed by atoms with Gasteiger partial charge >= 0.3 is 6.18 Å². The van der Waals surface area contributed by atoms with Crippen LogP contribution in [0.5, 0.6) is 5.75 Å². The number of rotatable bonds is 7. The fraction of sp³-hybridized carbons (Fsp3) is 0.462. The summed E-state index contributed by atoms with van der Waals surface area (Å²) < 4.78 is 56.6. The number of hydrogen-bond acceptors (Lipinski definition) is 4. The van der Waals surface area contributed by atoms with E-state index in [1.807, 2.05) is 5.32 Å². The molecule has 2 aromatic rings. The summed E-state index contributed by atoms with van der Waals surface area (Å²) in [5.41, 5.74) is -0.192. The zero-order valence-electron chi connectivity index (χ0n) is 20.4. The summed E-state index contributed by atoms with van der Waals surface area (Å²) in [6.45, 7) is 1.85. The summed E-state index contributed by atoms with van der Waals surface area (Å²) in [5.74, 6) is -1.52. The number of piperidine rings is 1. The molecule has 0 aliphatic carbocycles. The molecule has 2 saturated heterocycles. The van der Waals surface area contributed by atoms with Crippen LogP contribution in [0.15, 0.2) is 42.5 Å².